The summed E-state index contributed by atoms with van der Waals surface area (Å²) in [4.78, 5) is 19.9. The molecule has 0 radical (unpaired) electrons. The van der Waals surface area contributed by atoms with E-state index < -0.39 is 0 Å². The second kappa shape index (κ2) is 10.3. The lowest BCUT2D eigenvalue weighted by Gasteiger charge is -2.20. The van der Waals surface area contributed by atoms with Crippen molar-refractivity contribution in [2.24, 2.45) is 0 Å². The minimum Gasteiger partial charge on any atom is -0.497 e. The molecule has 7 nitrogen and oxygen atoms in total. The average Bonchev–Trinajstić information content (AvgIpc) is 3.47. The Hall–Kier alpha value is -3.71. The van der Waals surface area contributed by atoms with Gasteiger partial charge in [0, 0.05) is 30.0 Å². The molecule has 1 fully saturated rings. The molecule has 8 heteroatoms. The van der Waals surface area contributed by atoms with Crippen molar-refractivity contribution < 1.29 is 19.0 Å². The van der Waals surface area contributed by atoms with Gasteiger partial charge in [-0.1, -0.05) is 23.7 Å². The van der Waals surface area contributed by atoms with E-state index in [1.807, 2.05) is 62.4 Å². The number of rotatable bonds is 8. The van der Waals surface area contributed by atoms with Crippen LogP contribution >= 0.6 is 11.6 Å². The third kappa shape index (κ3) is 4.83. The zero-order valence-electron chi connectivity index (χ0n) is 21.5. The van der Waals surface area contributed by atoms with Crippen molar-refractivity contribution in [3.63, 3.8) is 0 Å². The van der Waals surface area contributed by atoms with Crippen molar-refractivity contribution in [3.8, 4) is 17.2 Å². The summed E-state index contributed by atoms with van der Waals surface area (Å²) in [6, 6.07) is 17.4. The normalized spacial score (nSPS) is 15.4. The third-order valence-electron chi connectivity index (χ3n) is 6.84. The molecule has 2 heterocycles. The number of imidazole rings is 1. The van der Waals surface area contributed by atoms with Crippen LogP contribution in [-0.4, -0.2) is 42.8 Å². The Morgan fingerprint density at radius 2 is 1.76 bits per heavy atom. The smallest absolute Gasteiger partial charge is 0.227 e. The van der Waals surface area contributed by atoms with Crippen LogP contribution in [0.3, 0.4) is 0 Å². The third-order valence-corrected chi connectivity index (χ3v) is 7.44. The minimum atomic E-state index is -0.0733. The highest BCUT2D eigenvalue weighted by Crippen LogP contribution is 2.39. The molecule has 1 saturated heterocycles. The summed E-state index contributed by atoms with van der Waals surface area (Å²) in [5.74, 6) is 2.92. The van der Waals surface area contributed by atoms with E-state index in [4.69, 9.17) is 30.8 Å². The highest BCUT2D eigenvalue weighted by molar-refractivity contribution is 6.32. The minimum absolute atomic E-state index is 0.0264. The molecule has 1 aliphatic rings. The van der Waals surface area contributed by atoms with Gasteiger partial charge in [-0.15, -0.1) is 0 Å². The van der Waals surface area contributed by atoms with Crippen LogP contribution in [0.25, 0.3) is 11.0 Å². The van der Waals surface area contributed by atoms with Crippen LogP contribution in [0.15, 0.2) is 54.6 Å². The number of ether oxygens (including phenoxy) is 3. The van der Waals surface area contributed by atoms with Crippen molar-refractivity contribution in [1.29, 1.82) is 0 Å². The summed E-state index contributed by atoms with van der Waals surface area (Å²) < 4.78 is 19.2. The molecule has 5 rings (SSSR count). The molecule has 1 atom stereocenters. The molecular weight excluding hydrogens is 490 g/mol. The molecule has 1 unspecified atom stereocenters. The lowest BCUT2D eigenvalue weighted by molar-refractivity contribution is -0.117. The van der Waals surface area contributed by atoms with Crippen molar-refractivity contribution in [1.82, 2.24) is 9.55 Å². The number of para-hydroxylation sites is 2. The number of halogens is 1. The van der Waals surface area contributed by atoms with Crippen LogP contribution < -0.4 is 19.1 Å². The van der Waals surface area contributed by atoms with Crippen LogP contribution in [0.5, 0.6) is 17.2 Å². The van der Waals surface area contributed by atoms with Gasteiger partial charge in [0.25, 0.3) is 0 Å². The van der Waals surface area contributed by atoms with E-state index in [2.05, 4.69) is 10.6 Å². The van der Waals surface area contributed by atoms with Crippen LogP contribution in [0, 0.1) is 13.8 Å². The molecule has 0 bridgehead atoms. The summed E-state index contributed by atoms with van der Waals surface area (Å²) >= 11 is 6.31. The first-order chi connectivity index (χ1) is 17.9. The Bertz CT molecular complexity index is 1440. The summed E-state index contributed by atoms with van der Waals surface area (Å²) in [5.41, 5.74) is 4.61. The number of carbonyl (C=O) groups excluding carboxylic acids is 1. The highest BCUT2D eigenvalue weighted by Gasteiger charge is 2.36. The Kier molecular flexibility index (Phi) is 6.98. The predicted octanol–water partition coefficient (Wildman–Crippen LogP) is 5.92. The van der Waals surface area contributed by atoms with Gasteiger partial charge in [-0.05, 0) is 61.4 Å². The van der Waals surface area contributed by atoms with Crippen LogP contribution in [0.1, 0.15) is 29.3 Å². The van der Waals surface area contributed by atoms with Crippen LogP contribution in [-0.2, 0) is 11.3 Å². The van der Waals surface area contributed by atoms with Crippen LogP contribution in [0.4, 0.5) is 5.69 Å². The second-order valence-electron chi connectivity index (χ2n) is 9.27. The van der Waals surface area contributed by atoms with E-state index in [0.717, 1.165) is 38.8 Å². The quantitative estimate of drug-likeness (QED) is 0.289. The van der Waals surface area contributed by atoms with Gasteiger partial charge in [0.15, 0.2) is 0 Å². The lowest BCUT2D eigenvalue weighted by Crippen LogP contribution is -2.25. The molecular formula is C29H30ClN3O4. The molecule has 4 aromatic rings. The van der Waals surface area contributed by atoms with Gasteiger partial charge in [0.1, 0.15) is 29.7 Å². The summed E-state index contributed by atoms with van der Waals surface area (Å²) in [6.07, 6.45) is 0.361. The predicted molar refractivity (Wildman–Crippen MR) is 145 cm³/mol. The number of carbonyl (C=O) groups is 1. The summed E-state index contributed by atoms with van der Waals surface area (Å²) in [7, 11) is 3.21. The Labute approximate surface area is 221 Å². The molecule has 1 amide bonds. The number of amides is 1. The van der Waals surface area contributed by atoms with Gasteiger partial charge in [-0.3, -0.25) is 4.79 Å². The first-order valence-electron chi connectivity index (χ1n) is 12.3. The molecule has 1 aromatic heterocycles. The number of benzene rings is 3. The number of methoxy groups -OCH3 is 2. The van der Waals surface area contributed by atoms with E-state index in [0.29, 0.717) is 43.3 Å². The summed E-state index contributed by atoms with van der Waals surface area (Å²) in [5, 5.41) is 0.762. The lowest BCUT2D eigenvalue weighted by atomic mass is 10.1. The fourth-order valence-electron chi connectivity index (χ4n) is 5.01. The molecule has 0 saturated carbocycles. The zero-order valence-corrected chi connectivity index (χ0v) is 22.2. The number of anilines is 1. The standard InChI is InChI=1S/C29H30ClN3O4/c1-18-13-22(14-19(2)28(18)30)37-12-11-32-24-8-6-5-7-23(24)31-29(32)20-15-27(34)33(17-20)25-16-21(35-3)9-10-26(25)36-4/h5-10,13-14,16,20H,11-12,15,17H2,1-4H3. The van der Waals surface area contributed by atoms with E-state index in [1.165, 1.54) is 0 Å². The molecule has 0 aliphatic carbocycles. The topological polar surface area (TPSA) is 65.8 Å². The fourth-order valence-corrected chi connectivity index (χ4v) is 5.12. The van der Waals surface area contributed by atoms with E-state index in [-0.39, 0.29) is 11.8 Å². The van der Waals surface area contributed by atoms with Crippen molar-refractivity contribution in [3.05, 3.63) is 76.6 Å². The molecule has 0 N–H and O–H groups in total. The maximum atomic E-state index is 13.2. The second-order valence-corrected chi connectivity index (χ2v) is 9.65. The first kappa shape index (κ1) is 25.0. The van der Waals surface area contributed by atoms with Crippen LogP contribution in [0.2, 0.25) is 5.02 Å². The molecule has 192 valence electrons. The highest BCUT2D eigenvalue weighted by atomic mass is 35.5. The average molecular weight is 520 g/mol. The Balaban J connectivity index is 1.42. The maximum Gasteiger partial charge on any atom is 0.227 e. The number of fused-ring (bicyclic) bond motifs is 1. The first-order valence-corrected chi connectivity index (χ1v) is 12.6. The largest absolute Gasteiger partial charge is 0.497 e. The van der Waals surface area contributed by atoms with Gasteiger partial charge < -0.3 is 23.7 Å². The monoisotopic (exact) mass is 519 g/mol. The van der Waals surface area contributed by atoms with Crippen molar-refractivity contribution in [2.45, 2.75) is 32.7 Å². The van der Waals surface area contributed by atoms with Crippen molar-refractivity contribution >= 4 is 34.2 Å². The van der Waals surface area contributed by atoms with E-state index in [1.54, 1.807) is 19.1 Å². The number of hydrogen-bond acceptors (Lipinski definition) is 5. The van der Waals surface area contributed by atoms with Gasteiger partial charge in [-0.2, -0.15) is 0 Å². The van der Waals surface area contributed by atoms with Crippen molar-refractivity contribution in [2.75, 3.05) is 32.3 Å². The fraction of sp³-hybridized carbons (Fsp3) is 0.310. The van der Waals surface area contributed by atoms with E-state index >= 15 is 0 Å². The maximum absolute atomic E-state index is 13.2. The SMILES string of the molecule is COc1ccc(OC)c(N2CC(c3nc4ccccc4n3CCOc3cc(C)c(Cl)c(C)c3)CC2=O)c1. The molecule has 3 aromatic carbocycles. The van der Waals surface area contributed by atoms with Gasteiger partial charge in [0.2, 0.25) is 5.91 Å². The van der Waals surface area contributed by atoms with Gasteiger partial charge >= 0.3 is 0 Å². The Morgan fingerprint density at radius 1 is 1.00 bits per heavy atom. The number of aromatic nitrogens is 2. The van der Waals surface area contributed by atoms with Gasteiger partial charge in [-0.25, -0.2) is 4.98 Å². The Morgan fingerprint density at radius 3 is 2.49 bits per heavy atom. The molecule has 1 aliphatic heterocycles. The van der Waals surface area contributed by atoms with E-state index in [9.17, 15) is 4.79 Å². The molecule has 0 spiro atoms. The molecule has 37 heavy (non-hydrogen) atoms. The number of aryl methyl sites for hydroxylation is 2. The number of hydrogen-bond donors (Lipinski definition) is 0. The van der Waals surface area contributed by atoms with Gasteiger partial charge in [0.05, 0.1) is 37.5 Å². The number of nitrogens with zero attached hydrogens (tertiary/aromatic N) is 3. The zero-order chi connectivity index (χ0) is 26.1. The summed E-state index contributed by atoms with van der Waals surface area (Å²) in [6.45, 7) is 5.52.